The SMILES string of the molecule is CCOC1COCCN1C(C)C. The summed E-state index contributed by atoms with van der Waals surface area (Å²) in [5.41, 5.74) is 0. The van der Waals surface area contributed by atoms with E-state index in [0.29, 0.717) is 12.6 Å². The highest BCUT2D eigenvalue weighted by Crippen LogP contribution is 2.11. The third-order valence-corrected chi connectivity index (χ3v) is 2.15. The van der Waals surface area contributed by atoms with Gasteiger partial charge in [-0.05, 0) is 20.8 Å². The smallest absolute Gasteiger partial charge is 0.134 e. The molecule has 0 radical (unpaired) electrons. The molecule has 0 aromatic carbocycles. The monoisotopic (exact) mass is 173 g/mol. The first-order valence-corrected chi connectivity index (χ1v) is 4.70. The molecule has 1 atom stereocenters. The number of hydrogen-bond donors (Lipinski definition) is 0. The number of morpholine rings is 1. The second kappa shape index (κ2) is 4.80. The Hall–Kier alpha value is -0.120. The van der Waals surface area contributed by atoms with E-state index in [1.165, 1.54) is 0 Å². The van der Waals surface area contributed by atoms with E-state index in [1.54, 1.807) is 0 Å². The molecular formula is C9H19NO2. The van der Waals surface area contributed by atoms with Gasteiger partial charge >= 0.3 is 0 Å². The van der Waals surface area contributed by atoms with Gasteiger partial charge in [0.15, 0.2) is 0 Å². The van der Waals surface area contributed by atoms with E-state index in [4.69, 9.17) is 9.47 Å². The average Bonchev–Trinajstić information content (AvgIpc) is 2.05. The molecule has 0 bridgehead atoms. The Balaban J connectivity index is 2.42. The van der Waals surface area contributed by atoms with Gasteiger partial charge in [0.2, 0.25) is 0 Å². The van der Waals surface area contributed by atoms with Gasteiger partial charge < -0.3 is 9.47 Å². The number of ether oxygens (including phenoxy) is 2. The zero-order valence-corrected chi connectivity index (χ0v) is 8.25. The highest BCUT2D eigenvalue weighted by molar-refractivity contribution is 4.70. The van der Waals surface area contributed by atoms with E-state index in [-0.39, 0.29) is 6.23 Å². The molecule has 3 nitrogen and oxygen atoms in total. The summed E-state index contributed by atoms with van der Waals surface area (Å²) in [5, 5.41) is 0. The fraction of sp³-hybridized carbons (Fsp3) is 1.00. The molecule has 0 aromatic heterocycles. The number of rotatable bonds is 3. The van der Waals surface area contributed by atoms with Crippen LogP contribution in [0, 0.1) is 0 Å². The fourth-order valence-corrected chi connectivity index (χ4v) is 1.52. The van der Waals surface area contributed by atoms with Crippen molar-refractivity contribution in [3.8, 4) is 0 Å². The van der Waals surface area contributed by atoms with Crippen LogP contribution in [0.3, 0.4) is 0 Å². The van der Waals surface area contributed by atoms with E-state index in [1.807, 2.05) is 6.92 Å². The van der Waals surface area contributed by atoms with Crippen LogP contribution in [0.1, 0.15) is 20.8 Å². The van der Waals surface area contributed by atoms with Crippen molar-refractivity contribution in [1.29, 1.82) is 0 Å². The van der Waals surface area contributed by atoms with Crippen molar-refractivity contribution in [2.75, 3.05) is 26.4 Å². The summed E-state index contributed by atoms with van der Waals surface area (Å²) in [6.45, 7) is 9.70. The minimum absolute atomic E-state index is 0.170. The lowest BCUT2D eigenvalue weighted by Crippen LogP contribution is -2.50. The summed E-state index contributed by atoms with van der Waals surface area (Å²) < 4.78 is 10.9. The normalized spacial score (nSPS) is 26.5. The van der Waals surface area contributed by atoms with Crippen molar-refractivity contribution in [2.45, 2.75) is 33.0 Å². The first-order valence-electron chi connectivity index (χ1n) is 4.70. The standard InChI is InChI=1S/C9H19NO2/c1-4-12-9-7-11-6-5-10(9)8(2)3/h8-9H,4-7H2,1-3H3. The molecular weight excluding hydrogens is 154 g/mol. The summed E-state index contributed by atoms with van der Waals surface area (Å²) in [6, 6.07) is 0.547. The molecule has 3 heteroatoms. The zero-order valence-electron chi connectivity index (χ0n) is 8.25. The van der Waals surface area contributed by atoms with Crippen LogP contribution in [0.5, 0.6) is 0 Å². The van der Waals surface area contributed by atoms with Crippen LogP contribution in [0.25, 0.3) is 0 Å². The Labute approximate surface area is 74.6 Å². The lowest BCUT2D eigenvalue weighted by atomic mass is 10.3. The van der Waals surface area contributed by atoms with Crippen LogP contribution in [-0.2, 0) is 9.47 Å². The Bertz CT molecular complexity index is 126. The molecule has 0 aromatic rings. The molecule has 0 saturated carbocycles. The van der Waals surface area contributed by atoms with Crippen LogP contribution in [0.2, 0.25) is 0 Å². The quantitative estimate of drug-likeness (QED) is 0.637. The van der Waals surface area contributed by atoms with Crippen molar-refractivity contribution in [3.63, 3.8) is 0 Å². The Morgan fingerprint density at radius 1 is 1.58 bits per heavy atom. The van der Waals surface area contributed by atoms with Gasteiger partial charge in [-0.1, -0.05) is 0 Å². The van der Waals surface area contributed by atoms with Gasteiger partial charge in [0.05, 0.1) is 13.2 Å². The van der Waals surface area contributed by atoms with E-state index in [2.05, 4.69) is 18.7 Å². The molecule has 0 N–H and O–H groups in total. The van der Waals surface area contributed by atoms with Crippen molar-refractivity contribution in [2.24, 2.45) is 0 Å². The van der Waals surface area contributed by atoms with Crippen LogP contribution in [0.15, 0.2) is 0 Å². The molecule has 1 heterocycles. The van der Waals surface area contributed by atoms with Gasteiger partial charge in [-0.15, -0.1) is 0 Å². The van der Waals surface area contributed by atoms with Gasteiger partial charge in [0.25, 0.3) is 0 Å². The van der Waals surface area contributed by atoms with E-state index >= 15 is 0 Å². The largest absolute Gasteiger partial charge is 0.376 e. The molecule has 1 rings (SSSR count). The summed E-state index contributed by atoms with van der Waals surface area (Å²) in [5.74, 6) is 0. The van der Waals surface area contributed by atoms with Crippen LogP contribution >= 0.6 is 0 Å². The minimum Gasteiger partial charge on any atom is -0.376 e. The topological polar surface area (TPSA) is 21.7 Å². The summed E-state index contributed by atoms with van der Waals surface area (Å²) in [6.07, 6.45) is 0.170. The van der Waals surface area contributed by atoms with Crippen LogP contribution in [-0.4, -0.2) is 43.5 Å². The van der Waals surface area contributed by atoms with Gasteiger partial charge in [-0.3, -0.25) is 4.90 Å². The van der Waals surface area contributed by atoms with Crippen LogP contribution in [0.4, 0.5) is 0 Å². The fourth-order valence-electron chi connectivity index (χ4n) is 1.52. The maximum atomic E-state index is 5.56. The highest BCUT2D eigenvalue weighted by atomic mass is 16.5. The Morgan fingerprint density at radius 2 is 2.33 bits per heavy atom. The summed E-state index contributed by atoms with van der Waals surface area (Å²) >= 11 is 0. The second-order valence-electron chi connectivity index (χ2n) is 3.32. The predicted octanol–water partition coefficient (Wildman–Crippen LogP) is 1.09. The molecule has 1 saturated heterocycles. The predicted molar refractivity (Wildman–Crippen MR) is 48.1 cm³/mol. The van der Waals surface area contributed by atoms with Crippen LogP contribution < -0.4 is 0 Å². The molecule has 12 heavy (non-hydrogen) atoms. The molecule has 1 unspecified atom stereocenters. The van der Waals surface area contributed by atoms with Crippen molar-refractivity contribution < 1.29 is 9.47 Å². The third kappa shape index (κ3) is 2.44. The average molecular weight is 173 g/mol. The molecule has 1 aliphatic heterocycles. The first-order chi connectivity index (χ1) is 5.75. The molecule has 1 fully saturated rings. The lowest BCUT2D eigenvalue weighted by Gasteiger charge is -2.37. The molecule has 1 aliphatic rings. The zero-order chi connectivity index (χ0) is 8.97. The van der Waals surface area contributed by atoms with E-state index in [0.717, 1.165) is 19.8 Å². The maximum absolute atomic E-state index is 5.56. The molecule has 72 valence electrons. The highest BCUT2D eigenvalue weighted by Gasteiger charge is 2.24. The van der Waals surface area contributed by atoms with Crippen molar-refractivity contribution in [3.05, 3.63) is 0 Å². The number of hydrogen-bond acceptors (Lipinski definition) is 3. The van der Waals surface area contributed by atoms with E-state index < -0.39 is 0 Å². The number of nitrogens with zero attached hydrogens (tertiary/aromatic N) is 1. The molecule has 0 aliphatic carbocycles. The third-order valence-electron chi connectivity index (χ3n) is 2.15. The molecule has 0 spiro atoms. The van der Waals surface area contributed by atoms with E-state index in [9.17, 15) is 0 Å². The summed E-state index contributed by atoms with van der Waals surface area (Å²) in [7, 11) is 0. The minimum atomic E-state index is 0.170. The first kappa shape index (κ1) is 9.96. The van der Waals surface area contributed by atoms with Gasteiger partial charge in [0.1, 0.15) is 6.23 Å². The Kier molecular flexibility index (Phi) is 3.98. The Morgan fingerprint density at radius 3 is 2.92 bits per heavy atom. The lowest BCUT2D eigenvalue weighted by molar-refractivity contribution is -0.147. The second-order valence-corrected chi connectivity index (χ2v) is 3.32. The summed E-state index contributed by atoms with van der Waals surface area (Å²) in [4.78, 5) is 2.34. The van der Waals surface area contributed by atoms with Crippen molar-refractivity contribution in [1.82, 2.24) is 4.90 Å². The van der Waals surface area contributed by atoms with Crippen molar-refractivity contribution >= 4 is 0 Å². The van der Waals surface area contributed by atoms with Gasteiger partial charge in [0, 0.05) is 19.2 Å². The van der Waals surface area contributed by atoms with Gasteiger partial charge in [-0.25, -0.2) is 0 Å². The van der Waals surface area contributed by atoms with Gasteiger partial charge in [-0.2, -0.15) is 0 Å². The maximum Gasteiger partial charge on any atom is 0.134 e. The molecule has 0 amide bonds.